The summed E-state index contributed by atoms with van der Waals surface area (Å²) in [5, 5.41) is 16.2. The fourth-order valence-electron chi connectivity index (χ4n) is 3.21. The van der Waals surface area contributed by atoms with E-state index in [9.17, 15) is 4.79 Å². The third-order valence-corrected chi connectivity index (χ3v) is 4.67. The van der Waals surface area contributed by atoms with Crippen LogP contribution in [0.3, 0.4) is 0 Å². The molecule has 1 aliphatic heterocycles. The molecule has 0 bridgehead atoms. The smallest absolute Gasteiger partial charge is 0.246 e. The van der Waals surface area contributed by atoms with Crippen LogP contribution in [0.4, 0.5) is 5.82 Å². The standard InChI is InChI=1S/C16H22N6O2/c1-24-10-15(23)17-12-6-8-21(9-7-12)14-5-4-13-18-19-16(11-2-3-11)22(13)20-14/h4-5,11-12H,2-3,6-10H2,1H3,(H,17,23). The van der Waals surface area contributed by atoms with E-state index < -0.39 is 0 Å². The maximum atomic E-state index is 11.6. The Balaban J connectivity index is 1.43. The van der Waals surface area contributed by atoms with Gasteiger partial charge < -0.3 is 15.0 Å². The molecule has 4 rings (SSSR count). The zero-order valence-electron chi connectivity index (χ0n) is 13.8. The van der Waals surface area contributed by atoms with Crippen molar-refractivity contribution >= 4 is 17.4 Å². The number of amides is 1. The number of carbonyl (C=O) groups is 1. The fraction of sp³-hybridized carbons (Fsp3) is 0.625. The molecule has 8 nitrogen and oxygen atoms in total. The Labute approximate surface area is 140 Å². The molecule has 1 aliphatic carbocycles. The molecule has 1 saturated heterocycles. The highest BCUT2D eigenvalue weighted by Crippen LogP contribution is 2.38. The number of nitrogens with zero attached hydrogens (tertiary/aromatic N) is 5. The SMILES string of the molecule is COCC(=O)NC1CCN(c2ccc3nnc(C4CC4)n3n2)CC1. The van der Waals surface area contributed by atoms with Gasteiger partial charge in [-0.15, -0.1) is 15.3 Å². The van der Waals surface area contributed by atoms with Gasteiger partial charge in [-0.05, 0) is 37.8 Å². The first-order chi connectivity index (χ1) is 11.7. The normalized spacial score (nSPS) is 19.0. The predicted octanol–water partition coefficient (Wildman–Crippen LogP) is 0.733. The Hall–Kier alpha value is -2.22. The molecule has 0 atom stereocenters. The van der Waals surface area contributed by atoms with Gasteiger partial charge in [-0.1, -0.05) is 0 Å². The molecule has 1 amide bonds. The summed E-state index contributed by atoms with van der Waals surface area (Å²) >= 11 is 0. The Morgan fingerprint density at radius 2 is 2.04 bits per heavy atom. The van der Waals surface area contributed by atoms with E-state index in [-0.39, 0.29) is 18.6 Å². The summed E-state index contributed by atoms with van der Waals surface area (Å²) in [6, 6.07) is 4.20. The van der Waals surface area contributed by atoms with Crippen LogP contribution in [0, 0.1) is 0 Å². The maximum absolute atomic E-state index is 11.6. The van der Waals surface area contributed by atoms with E-state index in [1.165, 1.54) is 20.0 Å². The van der Waals surface area contributed by atoms with Gasteiger partial charge in [0.15, 0.2) is 11.5 Å². The van der Waals surface area contributed by atoms with Crippen LogP contribution < -0.4 is 10.2 Å². The number of hydrogen-bond donors (Lipinski definition) is 1. The first-order valence-electron chi connectivity index (χ1n) is 8.50. The third kappa shape index (κ3) is 3.06. The molecule has 3 heterocycles. The van der Waals surface area contributed by atoms with E-state index in [0.29, 0.717) is 5.92 Å². The van der Waals surface area contributed by atoms with Crippen molar-refractivity contribution in [3.8, 4) is 0 Å². The van der Waals surface area contributed by atoms with E-state index in [1.54, 1.807) is 0 Å². The zero-order valence-corrected chi connectivity index (χ0v) is 13.8. The average Bonchev–Trinajstić information content (AvgIpc) is 3.35. The summed E-state index contributed by atoms with van der Waals surface area (Å²) in [7, 11) is 1.53. The lowest BCUT2D eigenvalue weighted by Gasteiger charge is -2.33. The minimum atomic E-state index is -0.0472. The minimum absolute atomic E-state index is 0.0472. The van der Waals surface area contributed by atoms with E-state index in [2.05, 4.69) is 20.4 Å². The van der Waals surface area contributed by atoms with Crippen molar-refractivity contribution in [1.82, 2.24) is 25.1 Å². The molecule has 0 spiro atoms. The Morgan fingerprint density at radius 3 is 2.75 bits per heavy atom. The summed E-state index contributed by atoms with van der Waals surface area (Å²) in [5.74, 6) is 2.40. The summed E-state index contributed by atoms with van der Waals surface area (Å²) in [6.45, 7) is 1.87. The molecule has 1 saturated carbocycles. The molecule has 128 valence electrons. The highest BCUT2D eigenvalue weighted by molar-refractivity contribution is 5.77. The number of nitrogens with one attached hydrogen (secondary N) is 1. The number of aromatic nitrogens is 4. The van der Waals surface area contributed by atoms with Crippen molar-refractivity contribution in [2.45, 2.75) is 37.6 Å². The number of rotatable bonds is 5. The Kier molecular flexibility index (Phi) is 4.05. The van der Waals surface area contributed by atoms with Gasteiger partial charge in [-0.3, -0.25) is 4.79 Å². The highest BCUT2D eigenvalue weighted by atomic mass is 16.5. The second kappa shape index (κ2) is 6.35. The first-order valence-corrected chi connectivity index (χ1v) is 8.50. The lowest BCUT2D eigenvalue weighted by molar-refractivity contribution is -0.125. The van der Waals surface area contributed by atoms with Gasteiger partial charge in [0.05, 0.1) is 0 Å². The summed E-state index contributed by atoms with van der Waals surface area (Å²) in [5.41, 5.74) is 0.808. The quantitative estimate of drug-likeness (QED) is 0.870. The van der Waals surface area contributed by atoms with Gasteiger partial charge in [0.2, 0.25) is 5.91 Å². The molecule has 0 unspecified atom stereocenters. The van der Waals surface area contributed by atoms with Gasteiger partial charge in [0.1, 0.15) is 12.4 Å². The van der Waals surface area contributed by atoms with E-state index in [4.69, 9.17) is 9.84 Å². The van der Waals surface area contributed by atoms with Gasteiger partial charge in [-0.2, -0.15) is 4.52 Å². The van der Waals surface area contributed by atoms with Crippen LogP contribution in [0.1, 0.15) is 37.4 Å². The predicted molar refractivity (Wildman–Crippen MR) is 88.0 cm³/mol. The fourth-order valence-corrected chi connectivity index (χ4v) is 3.21. The van der Waals surface area contributed by atoms with Crippen molar-refractivity contribution < 1.29 is 9.53 Å². The largest absolute Gasteiger partial charge is 0.375 e. The number of anilines is 1. The molecule has 2 aromatic heterocycles. The van der Waals surface area contributed by atoms with Gasteiger partial charge in [-0.25, -0.2) is 0 Å². The molecule has 24 heavy (non-hydrogen) atoms. The van der Waals surface area contributed by atoms with Crippen molar-refractivity contribution in [1.29, 1.82) is 0 Å². The second-order valence-corrected chi connectivity index (χ2v) is 6.56. The van der Waals surface area contributed by atoms with Crippen molar-refractivity contribution in [3.63, 3.8) is 0 Å². The van der Waals surface area contributed by atoms with Crippen LogP contribution in [-0.2, 0) is 9.53 Å². The number of methoxy groups -OCH3 is 1. The zero-order chi connectivity index (χ0) is 16.5. The Bertz CT molecular complexity index is 733. The van der Waals surface area contributed by atoms with Crippen LogP contribution >= 0.6 is 0 Å². The number of hydrogen-bond acceptors (Lipinski definition) is 6. The van der Waals surface area contributed by atoms with Gasteiger partial charge >= 0.3 is 0 Å². The lowest BCUT2D eigenvalue weighted by atomic mass is 10.1. The molecule has 1 N–H and O–H groups in total. The number of fused-ring (bicyclic) bond motifs is 1. The molecular formula is C16H22N6O2. The van der Waals surface area contributed by atoms with Crippen molar-refractivity contribution in [2.75, 3.05) is 31.7 Å². The third-order valence-electron chi connectivity index (χ3n) is 4.67. The van der Waals surface area contributed by atoms with Gasteiger partial charge in [0, 0.05) is 32.2 Å². The average molecular weight is 330 g/mol. The topological polar surface area (TPSA) is 84.6 Å². The van der Waals surface area contributed by atoms with Crippen LogP contribution in [0.2, 0.25) is 0 Å². The number of ether oxygens (including phenoxy) is 1. The summed E-state index contributed by atoms with van der Waals surface area (Å²) in [4.78, 5) is 13.9. The van der Waals surface area contributed by atoms with Crippen LogP contribution in [0.15, 0.2) is 12.1 Å². The Morgan fingerprint density at radius 1 is 1.25 bits per heavy atom. The molecule has 0 aromatic carbocycles. The monoisotopic (exact) mass is 330 g/mol. The van der Waals surface area contributed by atoms with Crippen LogP contribution in [-0.4, -0.2) is 58.6 Å². The van der Waals surface area contributed by atoms with Crippen molar-refractivity contribution in [2.24, 2.45) is 0 Å². The highest BCUT2D eigenvalue weighted by Gasteiger charge is 2.29. The van der Waals surface area contributed by atoms with Crippen LogP contribution in [0.5, 0.6) is 0 Å². The molecule has 8 heteroatoms. The van der Waals surface area contributed by atoms with Gasteiger partial charge in [0.25, 0.3) is 0 Å². The number of carbonyl (C=O) groups excluding carboxylic acids is 1. The van der Waals surface area contributed by atoms with E-state index in [1.807, 2.05) is 16.6 Å². The summed E-state index contributed by atoms with van der Waals surface area (Å²) in [6.07, 6.45) is 4.18. The lowest BCUT2D eigenvalue weighted by Crippen LogP contribution is -2.45. The van der Waals surface area contributed by atoms with Crippen molar-refractivity contribution in [3.05, 3.63) is 18.0 Å². The molecule has 2 fully saturated rings. The second-order valence-electron chi connectivity index (χ2n) is 6.56. The summed E-state index contributed by atoms with van der Waals surface area (Å²) < 4.78 is 6.75. The maximum Gasteiger partial charge on any atom is 0.246 e. The van der Waals surface area contributed by atoms with E-state index >= 15 is 0 Å². The van der Waals surface area contributed by atoms with E-state index in [0.717, 1.165) is 43.2 Å². The first kappa shape index (κ1) is 15.3. The molecular weight excluding hydrogens is 308 g/mol. The molecule has 2 aliphatic rings. The number of piperidine rings is 1. The minimum Gasteiger partial charge on any atom is -0.375 e. The van der Waals surface area contributed by atoms with Crippen LogP contribution in [0.25, 0.3) is 5.65 Å². The molecule has 0 radical (unpaired) electrons. The molecule has 2 aromatic rings.